The molecule has 0 bridgehead atoms. The van der Waals surface area contributed by atoms with Crippen molar-refractivity contribution >= 4 is 0 Å². The zero-order valence-corrected chi connectivity index (χ0v) is 17.6. The van der Waals surface area contributed by atoms with Gasteiger partial charge in [0.1, 0.15) is 18.0 Å². The van der Waals surface area contributed by atoms with E-state index in [1.54, 1.807) is 0 Å². The minimum atomic E-state index is 0.262. The normalized spacial score (nSPS) is 21.9. The standard InChI is InChI=1S/C22H36N6/c1-25(15-16-26-9-5-6-10-26)22(21(17-23)18-24)28-13-7-20(8-14-28)19-27-11-3-2-4-12-27/h20H,2-16,19H2,1H3. The second-order valence-corrected chi connectivity index (χ2v) is 8.68. The van der Waals surface area contributed by atoms with Crippen LogP contribution in [0.4, 0.5) is 0 Å². The zero-order chi connectivity index (χ0) is 19.8. The van der Waals surface area contributed by atoms with Crippen LogP contribution in [-0.4, -0.2) is 85.6 Å². The molecule has 0 aliphatic carbocycles. The second kappa shape index (κ2) is 10.7. The van der Waals surface area contributed by atoms with Crippen molar-refractivity contribution in [2.24, 2.45) is 5.92 Å². The van der Waals surface area contributed by atoms with Crippen LogP contribution >= 0.6 is 0 Å². The van der Waals surface area contributed by atoms with Crippen LogP contribution in [0, 0.1) is 28.6 Å². The van der Waals surface area contributed by atoms with Crippen molar-refractivity contribution in [3.8, 4) is 12.1 Å². The maximum absolute atomic E-state index is 9.52. The molecule has 6 nitrogen and oxygen atoms in total. The lowest BCUT2D eigenvalue weighted by molar-refractivity contribution is 0.126. The number of allylic oxidation sites excluding steroid dienone is 1. The van der Waals surface area contributed by atoms with Crippen LogP contribution in [0.25, 0.3) is 0 Å². The van der Waals surface area contributed by atoms with Crippen molar-refractivity contribution in [3.63, 3.8) is 0 Å². The van der Waals surface area contributed by atoms with E-state index in [1.807, 2.05) is 7.05 Å². The number of likely N-dealkylation sites (N-methyl/N-ethyl adjacent to an activating group) is 1. The van der Waals surface area contributed by atoms with Gasteiger partial charge in [-0.05, 0) is 70.6 Å². The Morgan fingerprint density at radius 3 is 2.04 bits per heavy atom. The molecular formula is C22H36N6. The van der Waals surface area contributed by atoms with Crippen LogP contribution in [0.3, 0.4) is 0 Å². The Bertz CT molecular complexity index is 579. The van der Waals surface area contributed by atoms with Crippen molar-refractivity contribution in [2.45, 2.75) is 44.9 Å². The molecule has 0 aromatic heterocycles. The number of hydrogen-bond donors (Lipinski definition) is 0. The van der Waals surface area contributed by atoms with Crippen LogP contribution in [0.5, 0.6) is 0 Å². The summed E-state index contributed by atoms with van der Waals surface area (Å²) in [6, 6.07) is 4.30. The van der Waals surface area contributed by atoms with Gasteiger partial charge >= 0.3 is 0 Å². The van der Waals surface area contributed by atoms with Gasteiger partial charge in [0.2, 0.25) is 0 Å². The summed E-state index contributed by atoms with van der Waals surface area (Å²) in [5.41, 5.74) is 0.262. The Morgan fingerprint density at radius 2 is 1.43 bits per heavy atom. The minimum absolute atomic E-state index is 0.262. The van der Waals surface area contributed by atoms with Crippen LogP contribution in [-0.2, 0) is 0 Å². The Balaban J connectivity index is 1.56. The molecule has 6 heteroatoms. The molecule has 0 radical (unpaired) electrons. The Morgan fingerprint density at radius 1 is 0.857 bits per heavy atom. The SMILES string of the molecule is CN(CCN1CCCC1)C(=C(C#N)C#N)N1CCC(CN2CCCCC2)CC1. The number of rotatable bonds is 7. The average molecular weight is 385 g/mol. The summed E-state index contributed by atoms with van der Waals surface area (Å²) in [5, 5.41) is 19.0. The lowest BCUT2D eigenvalue weighted by atomic mass is 9.95. The Labute approximate surface area is 171 Å². The van der Waals surface area contributed by atoms with Crippen molar-refractivity contribution in [1.29, 1.82) is 10.5 Å². The molecule has 154 valence electrons. The summed E-state index contributed by atoms with van der Waals surface area (Å²) >= 11 is 0. The molecule has 28 heavy (non-hydrogen) atoms. The lowest BCUT2D eigenvalue weighted by Crippen LogP contribution is -2.44. The molecule has 0 amide bonds. The van der Waals surface area contributed by atoms with Crippen molar-refractivity contribution in [3.05, 3.63) is 11.4 Å². The molecule has 0 saturated carbocycles. The van der Waals surface area contributed by atoms with Gasteiger partial charge in [0, 0.05) is 39.8 Å². The number of likely N-dealkylation sites (tertiary alicyclic amines) is 3. The largest absolute Gasteiger partial charge is 0.358 e. The van der Waals surface area contributed by atoms with E-state index in [9.17, 15) is 10.5 Å². The fourth-order valence-corrected chi connectivity index (χ4v) is 4.95. The quantitative estimate of drug-likeness (QED) is 0.629. The maximum Gasteiger partial charge on any atom is 0.169 e. The fourth-order valence-electron chi connectivity index (χ4n) is 4.95. The third kappa shape index (κ3) is 5.63. The highest BCUT2D eigenvalue weighted by Crippen LogP contribution is 2.25. The predicted molar refractivity (Wildman–Crippen MR) is 111 cm³/mol. The molecular weight excluding hydrogens is 348 g/mol. The summed E-state index contributed by atoms with van der Waals surface area (Å²) in [7, 11) is 2.04. The first-order chi connectivity index (χ1) is 13.7. The average Bonchev–Trinajstić information content (AvgIpc) is 3.25. The van der Waals surface area contributed by atoms with E-state index in [4.69, 9.17) is 0 Å². The van der Waals surface area contributed by atoms with E-state index in [-0.39, 0.29) is 5.57 Å². The molecule has 3 saturated heterocycles. The van der Waals surface area contributed by atoms with Gasteiger partial charge in [-0.25, -0.2) is 0 Å². The van der Waals surface area contributed by atoms with Crippen LogP contribution in [0.15, 0.2) is 11.4 Å². The topological polar surface area (TPSA) is 60.5 Å². The van der Waals surface area contributed by atoms with E-state index in [1.165, 1.54) is 64.8 Å². The molecule has 0 spiro atoms. The monoisotopic (exact) mass is 384 g/mol. The van der Waals surface area contributed by atoms with Crippen molar-refractivity contribution in [1.82, 2.24) is 19.6 Å². The van der Waals surface area contributed by atoms with Crippen LogP contribution in [0.2, 0.25) is 0 Å². The smallest absolute Gasteiger partial charge is 0.169 e. The lowest BCUT2D eigenvalue weighted by Gasteiger charge is -2.40. The summed E-state index contributed by atoms with van der Waals surface area (Å²) in [6.07, 6.45) is 8.98. The van der Waals surface area contributed by atoms with E-state index in [0.717, 1.165) is 50.8 Å². The van der Waals surface area contributed by atoms with Crippen molar-refractivity contribution in [2.75, 3.05) is 66.0 Å². The second-order valence-electron chi connectivity index (χ2n) is 8.68. The molecule has 3 fully saturated rings. The molecule has 0 atom stereocenters. The summed E-state index contributed by atoms with van der Waals surface area (Å²) in [4.78, 5) is 9.56. The highest BCUT2D eigenvalue weighted by Gasteiger charge is 2.27. The van der Waals surface area contributed by atoms with Gasteiger partial charge in [-0.3, -0.25) is 0 Å². The highest BCUT2D eigenvalue weighted by molar-refractivity contribution is 5.39. The van der Waals surface area contributed by atoms with Gasteiger partial charge < -0.3 is 19.6 Å². The van der Waals surface area contributed by atoms with Crippen molar-refractivity contribution < 1.29 is 0 Å². The van der Waals surface area contributed by atoms with E-state index in [2.05, 4.69) is 31.7 Å². The Hall–Kier alpha value is -1.76. The maximum atomic E-state index is 9.52. The molecule has 0 unspecified atom stereocenters. The number of piperidine rings is 2. The predicted octanol–water partition coefficient (Wildman–Crippen LogP) is 2.47. The first-order valence-electron chi connectivity index (χ1n) is 11.2. The number of hydrogen-bond acceptors (Lipinski definition) is 6. The van der Waals surface area contributed by atoms with E-state index in [0.29, 0.717) is 0 Å². The van der Waals surface area contributed by atoms with Gasteiger partial charge in [0.15, 0.2) is 5.57 Å². The minimum Gasteiger partial charge on any atom is -0.358 e. The van der Waals surface area contributed by atoms with E-state index < -0.39 is 0 Å². The summed E-state index contributed by atoms with van der Waals surface area (Å²) < 4.78 is 0. The summed E-state index contributed by atoms with van der Waals surface area (Å²) in [6.45, 7) is 9.89. The molecule has 0 aromatic carbocycles. The van der Waals surface area contributed by atoms with Gasteiger partial charge in [0.25, 0.3) is 0 Å². The third-order valence-electron chi connectivity index (χ3n) is 6.64. The van der Waals surface area contributed by atoms with Gasteiger partial charge in [-0.2, -0.15) is 10.5 Å². The van der Waals surface area contributed by atoms with Gasteiger partial charge in [-0.15, -0.1) is 0 Å². The molecule has 3 aliphatic rings. The summed E-state index contributed by atoms with van der Waals surface area (Å²) in [5.74, 6) is 1.60. The van der Waals surface area contributed by atoms with E-state index >= 15 is 0 Å². The first-order valence-corrected chi connectivity index (χ1v) is 11.2. The fraction of sp³-hybridized carbons (Fsp3) is 0.818. The molecule has 3 heterocycles. The molecule has 3 rings (SSSR count). The molecule has 0 aromatic rings. The number of nitriles is 2. The Kier molecular flexibility index (Phi) is 8.01. The van der Waals surface area contributed by atoms with Crippen LogP contribution in [0.1, 0.15) is 44.9 Å². The highest BCUT2D eigenvalue weighted by atomic mass is 15.3. The molecule has 3 aliphatic heterocycles. The van der Waals surface area contributed by atoms with Gasteiger partial charge in [0.05, 0.1) is 0 Å². The third-order valence-corrected chi connectivity index (χ3v) is 6.64. The zero-order valence-electron chi connectivity index (χ0n) is 17.6. The van der Waals surface area contributed by atoms with Crippen LogP contribution < -0.4 is 0 Å². The molecule has 0 N–H and O–H groups in total. The number of nitrogens with zero attached hydrogens (tertiary/aromatic N) is 6. The first kappa shape index (κ1) is 21.0. The van der Waals surface area contributed by atoms with Gasteiger partial charge in [-0.1, -0.05) is 6.42 Å².